The van der Waals surface area contributed by atoms with Crippen LogP contribution in [0, 0.1) is 0 Å². The monoisotopic (exact) mass is 254 g/mol. The number of hydrogen-bond donors (Lipinski definition) is 2. The van der Waals surface area contributed by atoms with Gasteiger partial charge in [0.05, 0.1) is 18.2 Å². The molecule has 2 fully saturated rings. The molecular formula is C14H26N2O2. The fourth-order valence-electron chi connectivity index (χ4n) is 3.19. The van der Waals surface area contributed by atoms with Crippen LogP contribution >= 0.6 is 0 Å². The minimum Gasteiger partial charge on any atom is -0.391 e. The zero-order chi connectivity index (χ0) is 13.0. The molecule has 1 aliphatic heterocycles. The molecule has 4 nitrogen and oxygen atoms in total. The molecule has 18 heavy (non-hydrogen) atoms. The van der Waals surface area contributed by atoms with Gasteiger partial charge in [-0.05, 0) is 32.2 Å². The van der Waals surface area contributed by atoms with E-state index in [2.05, 4.69) is 5.32 Å². The Kier molecular flexibility index (Phi) is 5.01. The van der Waals surface area contributed by atoms with Crippen LogP contribution in [0.2, 0.25) is 0 Å². The van der Waals surface area contributed by atoms with E-state index in [1.54, 1.807) is 4.90 Å². The number of aliphatic hydroxyl groups is 1. The quantitative estimate of drug-likeness (QED) is 0.780. The third-order valence-corrected chi connectivity index (χ3v) is 4.40. The summed E-state index contributed by atoms with van der Waals surface area (Å²) < 4.78 is 0. The zero-order valence-electron chi connectivity index (χ0n) is 11.4. The maximum absolute atomic E-state index is 12.4. The van der Waals surface area contributed by atoms with E-state index < -0.39 is 0 Å². The Morgan fingerprint density at radius 2 is 1.83 bits per heavy atom. The highest BCUT2D eigenvalue weighted by atomic mass is 16.3. The number of nitrogens with zero attached hydrogens (tertiary/aromatic N) is 1. The van der Waals surface area contributed by atoms with Crippen molar-refractivity contribution in [3.63, 3.8) is 0 Å². The van der Waals surface area contributed by atoms with Crippen molar-refractivity contribution in [2.24, 2.45) is 0 Å². The maximum atomic E-state index is 12.4. The average Bonchev–Trinajstić information content (AvgIpc) is 2.66. The van der Waals surface area contributed by atoms with E-state index in [0.717, 1.165) is 45.1 Å². The lowest BCUT2D eigenvalue weighted by Gasteiger charge is -2.37. The van der Waals surface area contributed by atoms with Gasteiger partial charge in [0.15, 0.2) is 0 Å². The minimum absolute atomic E-state index is 0.0244. The number of carbonyl (C=O) groups is 1. The Balaban J connectivity index is 1.93. The van der Waals surface area contributed by atoms with Crippen LogP contribution in [-0.4, -0.2) is 47.7 Å². The minimum atomic E-state index is -0.335. The molecule has 0 aromatic heterocycles. The second-order valence-electron chi connectivity index (χ2n) is 5.72. The molecule has 1 saturated carbocycles. The number of nitrogens with one attached hydrogen (secondary N) is 1. The molecule has 3 atom stereocenters. The lowest BCUT2D eigenvalue weighted by atomic mass is 9.91. The van der Waals surface area contributed by atoms with Gasteiger partial charge >= 0.3 is 0 Å². The second-order valence-corrected chi connectivity index (χ2v) is 5.72. The van der Waals surface area contributed by atoms with Gasteiger partial charge in [-0.15, -0.1) is 0 Å². The van der Waals surface area contributed by atoms with Crippen LogP contribution in [0.15, 0.2) is 0 Å². The normalized spacial score (nSPS) is 33.8. The first kappa shape index (κ1) is 13.8. The molecule has 2 rings (SSSR count). The van der Waals surface area contributed by atoms with E-state index in [0.29, 0.717) is 0 Å². The summed E-state index contributed by atoms with van der Waals surface area (Å²) in [5.74, 6) is 0.169. The SMILES string of the molecule is CN(C(=O)C1CCCCCN1)C1CCCCC1O. The first-order valence-electron chi connectivity index (χ1n) is 7.38. The van der Waals surface area contributed by atoms with Gasteiger partial charge in [-0.25, -0.2) is 0 Å². The van der Waals surface area contributed by atoms with Gasteiger partial charge in [0.2, 0.25) is 5.91 Å². The smallest absolute Gasteiger partial charge is 0.239 e. The number of carbonyl (C=O) groups excluding carboxylic acids is 1. The lowest BCUT2D eigenvalue weighted by Crippen LogP contribution is -2.52. The zero-order valence-corrected chi connectivity index (χ0v) is 11.4. The Bertz CT molecular complexity index is 275. The summed E-state index contributed by atoms with van der Waals surface area (Å²) in [6.45, 7) is 0.942. The summed E-state index contributed by atoms with van der Waals surface area (Å²) in [4.78, 5) is 14.2. The number of amides is 1. The van der Waals surface area contributed by atoms with Crippen molar-refractivity contribution in [3.05, 3.63) is 0 Å². The highest BCUT2D eigenvalue weighted by molar-refractivity contribution is 5.82. The summed E-state index contributed by atoms with van der Waals surface area (Å²) in [5, 5.41) is 13.4. The highest BCUT2D eigenvalue weighted by Gasteiger charge is 2.32. The van der Waals surface area contributed by atoms with E-state index in [-0.39, 0.29) is 24.1 Å². The summed E-state index contributed by atoms with van der Waals surface area (Å²) in [6, 6.07) is -0.0112. The van der Waals surface area contributed by atoms with E-state index in [4.69, 9.17) is 0 Å². The van der Waals surface area contributed by atoms with Crippen LogP contribution in [0.1, 0.15) is 51.4 Å². The molecule has 104 valence electrons. The van der Waals surface area contributed by atoms with Crippen LogP contribution < -0.4 is 5.32 Å². The largest absolute Gasteiger partial charge is 0.391 e. The number of hydrogen-bond acceptors (Lipinski definition) is 3. The topological polar surface area (TPSA) is 52.6 Å². The van der Waals surface area contributed by atoms with Gasteiger partial charge in [0.1, 0.15) is 0 Å². The first-order chi connectivity index (χ1) is 8.70. The fraction of sp³-hybridized carbons (Fsp3) is 0.929. The number of rotatable bonds is 2. The van der Waals surface area contributed by atoms with E-state index in [1.165, 1.54) is 12.8 Å². The van der Waals surface area contributed by atoms with E-state index >= 15 is 0 Å². The lowest BCUT2D eigenvalue weighted by molar-refractivity contribution is -0.137. The Hall–Kier alpha value is -0.610. The Morgan fingerprint density at radius 3 is 2.61 bits per heavy atom. The van der Waals surface area contributed by atoms with Crippen molar-refractivity contribution >= 4 is 5.91 Å². The molecule has 2 N–H and O–H groups in total. The third kappa shape index (κ3) is 3.23. The molecule has 1 aliphatic carbocycles. The van der Waals surface area contributed by atoms with Crippen LogP contribution in [0.4, 0.5) is 0 Å². The highest BCUT2D eigenvalue weighted by Crippen LogP contribution is 2.23. The van der Waals surface area contributed by atoms with Crippen LogP contribution in [0.3, 0.4) is 0 Å². The summed E-state index contributed by atoms with van der Waals surface area (Å²) in [6.07, 6.45) is 8.09. The second kappa shape index (κ2) is 6.53. The predicted octanol–water partition coefficient (Wildman–Crippen LogP) is 1.28. The van der Waals surface area contributed by atoms with Crippen molar-refractivity contribution in [2.45, 2.75) is 69.6 Å². The summed E-state index contributed by atoms with van der Waals surface area (Å²) >= 11 is 0. The van der Waals surface area contributed by atoms with Crippen molar-refractivity contribution in [1.82, 2.24) is 10.2 Å². The van der Waals surface area contributed by atoms with Crippen molar-refractivity contribution in [3.8, 4) is 0 Å². The predicted molar refractivity (Wildman–Crippen MR) is 71.3 cm³/mol. The van der Waals surface area contributed by atoms with Crippen LogP contribution in [-0.2, 0) is 4.79 Å². The standard InChI is InChI=1S/C14H26N2O2/c1-16(12-8-4-5-9-13(12)17)14(18)11-7-3-2-6-10-15-11/h11-13,15,17H,2-10H2,1H3. The molecule has 0 radical (unpaired) electrons. The van der Waals surface area contributed by atoms with E-state index in [9.17, 15) is 9.90 Å². The molecular weight excluding hydrogens is 228 g/mol. The fourth-order valence-corrected chi connectivity index (χ4v) is 3.19. The molecule has 0 aromatic carbocycles. The van der Waals surface area contributed by atoms with Gasteiger partial charge in [-0.3, -0.25) is 4.79 Å². The molecule has 4 heteroatoms. The molecule has 0 bridgehead atoms. The summed E-state index contributed by atoms with van der Waals surface area (Å²) in [7, 11) is 1.86. The number of aliphatic hydroxyl groups excluding tert-OH is 1. The van der Waals surface area contributed by atoms with Gasteiger partial charge < -0.3 is 15.3 Å². The Morgan fingerprint density at radius 1 is 1.11 bits per heavy atom. The van der Waals surface area contributed by atoms with Crippen molar-refractivity contribution in [2.75, 3.05) is 13.6 Å². The molecule has 0 aromatic rings. The molecule has 0 spiro atoms. The number of likely N-dealkylation sites (N-methyl/N-ethyl adjacent to an activating group) is 1. The van der Waals surface area contributed by atoms with Crippen molar-refractivity contribution in [1.29, 1.82) is 0 Å². The molecule has 2 aliphatic rings. The van der Waals surface area contributed by atoms with E-state index in [1.807, 2.05) is 7.05 Å². The average molecular weight is 254 g/mol. The summed E-state index contributed by atoms with van der Waals surface area (Å²) in [5.41, 5.74) is 0. The molecule has 3 unspecified atom stereocenters. The molecule has 1 saturated heterocycles. The Labute approximate surface area is 110 Å². The molecule has 1 amide bonds. The first-order valence-corrected chi connectivity index (χ1v) is 7.38. The third-order valence-electron chi connectivity index (χ3n) is 4.40. The van der Waals surface area contributed by atoms with Gasteiger partial charge in [0, 0.05) is 7.05 Å². The van der Waals surface area contributed by atoms with Gasteiger partial charge in [-0.2, -0.15) is 0 Å². The van der Waals surface area contributed by atoms with Gasteiger partial charge in [-0.1, -0.05) is 25.7 Å². The van der Waals surface area contributed by atoms with Gasteiger partial charge in [0.25, 0.3) is 0 Å². The molecule has 1 heterocycles. The maximum Gasteiger partial charge on any atom is 0.239 e. The van der Waals surface area contributed by atoms with Crippen molar-refractivity contribution < 1.29 is 9.90 Å². The van der Waals surface area contributed by atoms with Crippen LogP contribution in [0.25, 0.3) is 0 Å². The van der Waals surface area contributed by atoms with Crippen LogP contribution in [0.5, 0.6) is 0 Å².